The van der Waals surface area contributed by atoms with Crippen molar-refractivity contribution in [1.29, 1.82) is 0 Å². The van der Waals surface area contributed by atoms with Crippen LogP contribution in [0.15, 0.2) is 48.5 Å². The first-order valence-corrected chi connectivity index (χ1v) is 10.4. The Labute approximate surface area is 164 Å². The van der Waals surface area contributed by atoms with Gasteiger partial charge in [-0.25, -0.2) is 0 Å². The molecule has 0 bridgehead atoms. The largest absolute Gasteiger partial charge is 0.338 e. The molecule has 2 aliphatic rings. The van der Waals surface area contributed by atoms with Gasteiger partial charge in [0.15, 0.2) is 0 Å². The van der Waals surface area contributed by atoms with E-state index in [0.717, 1.165) is 35.2 Å². The first-order chi connectivity index (χ1) is 13.0. The van der Waals surface area contributed by atoms with Crippen LogP contribution in [-0.2, 0) is 4.79 Å². The Hall–Kier alpha value is -2.27. The summed E-state index contributed by atoms with van der Waals surface area (Å²) in [6.07, 6.45) is 1.60. The molecule has 2 amide bonds. The number of amides is 2. The molecule has 2 aromatic carbocycles. The zero-order chi connectivity index (χ0) is 19.0. The van der Waals surface area contributed by atoms with Crippen LogP contribution in [0.3, 0.4) is 0 Å². The molecule has 2 aliphatic heterocycles. The van der Waals surface area contributed by atoms with Gasteiger partial charge in [0.1, 0.15) is 0 Å². The first-order valence-electron chi connectivity index (χ1n) is 9.38. The number of nitrogens with zero attached hydrogens (tertiary/aromatic N) is 2. The Morgan fingerprint density at radius 1 is 1.00 bits per heavy atom. The van der Waals surface area contributed by atoms with Crippen molar-refractivity contribution in [2.45, 2.75) is 31.6 Å². The number of hydrogen-bond donors (Lipinski definition) is 0. The molecule has 0 aromatic heterocycles. The number of thioether (sulfide) groups is 1. The van der Waals surface area contributed by atoms with Crippen molar-refractivity contribution in [3.05, 3.63) is 65.2 Å². The SMILES string of the molecule is Cc1ccc(C(=O)N2CCC3(CC2)SCC(=O)N3c2cccc(C)c2)cc1. The molecule has 2 heterocycles. The highest BCUT2D eigenvalue weighted by Crippen LogP contribution is 2.47. The molecule has 2 fully saturated rings. The van der Waals surface area contributed by atoms with Crippen LogP contribution in [0.4, 0.5) is 5.69 Å². The third-order valence-electron chi connectivity index (χ3n) is 5.51. The molecular weight excluding hydrogens is 356 g/mol. The minimum absolute atomic E-state index is 0.0845. The van der Waals surface area contributed by atoms with Crippen LogP contribution in [0.1, 0.15) is 34.3 Å². The van der Waals surface area contributed by atoms with Crippen molar-refractivity contribution in [3.8, 4) is 0 Å². The summed E-state index contributed by atoms with van der Waals surface area (Å²) in [6.45, 7) is 5.42. The van der Waals surface area contributed by atoms with E-state index in [1.54, 1.807) is 11.8 Å². The standard InChI is InChI=1S/C22H24N2O2S/c1-16-6-8-18(9-7-16)21(26)23-12-10-22(11-13-23)24(20(25)15-27-22)19-5-3-4-17(2)14-19/h3-9,14H,10-13,15H2,1-2H3. The van der Waals surface area contributed by atoms with Crippen LogP contribution in [0.5, 0.6) is 0 Å². The number of hydrogen-bond acceptors (Lipinski definition) is 3. The van der Waals surface area contributed by atoms with Gasteiger partial charge in [0.2, 0.25) is 5.91 Å². The van der Waals surface area contributed by atoms with Crippen molar-refractivity contribution < 1.29 is 9.59 Å². The van der Waals surface area contributed by atoms with Crippen LogP contribution in [0.25, 0.3) is 0 Å². The number of benzene rings is 2. The van der Waals surface area contributed by atoms with Gasteiger partial charge in [0.25, 0.3) is 5.91 Å². The van der Waals surface area contributed by atoms with E-state index in [-0.39, 0.29) is 16.7 Å². The fraction of sp³-hybridized carbons (Fsp3) is 0.364. The van der Waals surface area contributed by atoms with Crippen molar-refractivity contribution in [2.24, 2.45) is 0 Å². The predicted molar refractivity (Wildman–Crippen MR) is 110 cm³/mol. The van der Waals surface area contributed by atoms with Gasteiger partial charge in [-0.3, -0.25) is 14.5 Å². The molecule has 5 heteroatoms. The predicted octanol–water partition coefficient (Wildman–Crippen LogP) is 4.02. The number of likely N-dealkylation sites (tertiary alicyclic amines) is 1. The van der Waals surface area contributed by atoms with Gasteiger partial charge in [0, 0.05) is 24.3 Å². The smallest absolute Gasteiger partial charge is 0.253 e. The summed E-state index contributed by atoms with van der Waals surface area (Å²) in [6, 6.07) is 15.9. The molecule has 0 atom stereocenters. The average molecular weight is 381 g/mol. The van der Waals surface area contributed by atoms with Gasteiger partial charge < -0.3 is 4.90 Å². The van der Waals surface area contributed by atoms with Gasteiger partial charge in [0.05, 0.1) is 10.6 Å². The Balaban J connectivity index is 1.52. The maximum absolute atomic E-state index is 12.8. The van der Waals surface area contributed by atoms with E-state index in [1.165, 1.54) is 0 Å². The molecule has 0 radical (unpaired) electrons. The van der Waals surface area contributed by atoms with Crippen molar-refractivity contribution in [2.75, 3.05) is 23.7 Å². The monoisotopic (exact) mass is 380 g/mol. The highest BCUT2D eigenvalue weighted by atomic mass is 32.2. The maximum Gasteiger partial charge on any atom is 0.253 e. The fourth-order valence-electron chi connectivity index (χ4n) is 4.00. The van der Waals surface area contributed by atoms with E-state index in [2.05, 4.69) is 6.07 Å². The lowest BCUT2D eigenvalue weighted by atomic mass is 9.99. The van der Waals surface area contributed by atoms with Gasteiger partial charge in [-0.05, 0) is 56.5 Å². The minimum atomic E-state index is -0.227. The zero-order valence-electron chi connectivity index (χ0n) is 15.8. The van der Waals surface area contributed by atoms with E-state index < -0.39 is 0 Å². The Morgan fingerprint density at radius 2 is 1.70 bits per heavy atom. The summed E-state index contributed by atoms with van der Waals surface area (Å²) in [7, 11) is 0. The van der Waals surface area contributed by atoms with E-state index in [9.17, 15) is 9.59 Å². The van der Waals surface area contributed by atoms with E-state index >= 15 is 0 Å². The topological polar surface area (TPSA) is 40.6 Å². The Bertz CT molecular complexity index is 870. The second-order valence-corrected chi connectivity index (χ2v) is 8.80. The summed E-state index contributed by atoms with van der Waals surface area (Å²) in [5, 5.41) is 0. The first kappa shape index (κ1) is 18.1. The summed E-state index contributed by atoms with van der Waals surface area (Å²) in [4.78, 5) is 29.1. The molecule has 4 nitrogen and oxygen atoms in total. The summed E-state index contributed by atoms with van der Waals surface area (Å²) in [5.74, 6) is 0.769. The van der Waals surface area contributed by atoms with Crippen LogP contribution < -0.4 is 4.90 Å². The zero-order valence-corrected chi connectivity index (χ0v) is 16.6. The van der Waals surface area contributed by atoms with E-state index in [0.29, 0.717) is 18.8 Å². The fourth-order valence-corrected chi connectivity index (χ4v) is 5.33. The van der Waals surface area contributed by atoms with Crippen LogP contribution in [-0.4, -0.2) is 40.4 Å². The molecule has 2 aromatic rings. The van der Waals surface area contributed by atoms with E-state index in [4.69, 9.17) is 0 Å². The van der Waals surface area contributed by atoms with Crippen LogP contribution in [0.2, 0.25) is 0 Å². The average Bonchev–Trinajstić information content (AvgIpc) is 2.98. The second-order valence-electron chi connectivity index (χ2n) is 7.46. The van der Waals surface area contributed by atoms with Crippen LogP contribution in [0, 0.1) is 13.8 Å². The van der Waals surface area contributed by atoms with Crippen molar-refractivity contribution >= 4 is 29.3 Å². The van der Waals surface area contributed by atoms with Gasteiger partial charge in [-0.2, -0.15) is 0 Å². The quantitative estimate of drug-likeness (QED) is 0.790. The lowest BCUT2D eigenvalue weighted by Crippen LogP contribution is -2.53. The normalized spacial score (nSPS) is 19.0. The van der Waals surface area contributed by atoms with Gasteiger partial charge >= 0.3 is 0 Å². The highest BCUT2D eigenvalue weighted by molar-refractivity contribution is 8.02. The second kappa shape index (κ2) is 7.04. The molecule has 0 aliphatic carbocycles. The van der Waals surface area contributed by atoms with Crippen LogP contribution >= 0.6 is 11.8 Å². The molecule has 0 unspecified atom stereocenters. The highest BCUT2D eigenvalue weighted by Gasteiger charge is 2.49. The summed E-state index contributed by atoms with van der Waals surface area (Å²) >= 11 is 1.73. The molecule has 2 saturated heterocycles. The molecule has 140 valence electrons. The third-order valence-corrected chi connectivity index (χ3v) is 7.03. The number of piperidine rings is 1. The third kappa shape index (κ3) is 3.36. The molecule has 1 spiro atoms. The van der Waals surface area contributed by atoms with Gasteiger partial charge in [-0.15, -0.1) is 11.8 Å². The molecular formula is C22H24N2O2S. The number of carbonyl (C=O) groups is 2. The lowest BCUT2D eigenvalue weighted by Gasteiger charge is -2.44. The van der Waals surface area contributed by atoms with E-state index in [1.807, 2.05) is 66.1 Å². The number of rotatable bonds is 2. The Morgan fingerprint density at radius 3 is 2.37 bits per heavy atom. The molecule has 0 N–H and O–H groups in total. The van der Waals surface area contributed by atoms with Crippen molar-refractivity contribution in [1.82, 2.24) is 4.90 Å². The summed E-state index contributed by atoms with van der Waals surface area (Å²) < 4.78 is 0. The lowest BCUT2D eigenvalue weighted by molar-refractivity contribution is -0.116. The van der Waals surface area contributed by atoms with Gasteiger partial charge in [-0.1, -0.05) is 29.8 Å². The Kier molecular flexibility index (Phi) is 4.72. The molecule has 27 heavy (non-hydrogen) atoms. The summed E-state index contributed by atoms with van der Waals surface area (Å²) in [5.41, 5.74) is 4.02. The maximum atomic E-state index is 12.8. The molecule has 4 rings (SSSR count). The number of anilines is 1. The number of aryl methyl sites for hydroxylation is 2. The molecule has 0 saturated carbocycles. The minimum Gasteiger partial charge on any atom is -0.338 e. The van der Waals surface area contributed by atoms with Crippen molar-refractivity contribution in [3.63, 3.8) is 0 Å². The number of carbonyl (C=O) groups excluding carboxylic acids is 2.